The molecule has 0 unspecified atom stereocenters. The summed E-state index contributed by atoms with van der Waals surface area (Å²) in [5, 5.41) is 0. The number of carbonyl (C=O) groups is 1. The average Bonchev–Trinajstić information content (AvgIpc) is 3.09. The molecular formula is C21H30O2. The Kier molecular flexibility index (Phi) is 3.76. The molecule has 0 N–H and O–H groups in total. The van der Waals surface area contributed by atoms with E-state index in [9.17, 15) is 4.79 Å². The van der Waals surface area contributed by atoms with E-state index >= 15 is 0 Å². The molecule has 0 bridgehead atoms. The van der Waals surface area contributed by atoms with Crippen molar-refractivity contribution in [3.8, 4) is 0 Å². The van der Waals surface area contributed by atoms with Gasteiger partial charge < -0.3 is 9.53 Å². The van der Waals surface area contributed by atoms with Gasteiger partial charge in [0.05, 0.1) is 6.61 Å². The lowest BCUT2D eigenvalue weighted by molar-refractivity contribution is -0.109. The molecule has 3 rings (SSSR count). The minimum absolute atomic E-state index is 0.0650. The van der Waals surface area contributed by atoms with E-state index in [-0.39, 0.29) is 22.2 Å². The maximum Gasteiger partial charge on any atom is 0.124 e. The van der Waals surface area contributed by atoms with Crippen molar-refractivity contribution in [2.24, 2.45) is 11.8 Å². The molecule has 0 heterocycles. The van der Waals surface area contributed by atoms with E-state index in [2.05, 4.69) is 52.8 Å². The van der Waals surface area contributed by atoms with E-state index in [1.165, 1.54) is 29.5 Å². The zero-order valence-corrected chi connectivity index (χ0v) is 15.4. The molecule has 0 amide bonds. The van der Waals surface area contributed by atoms with Crippen LogP contribution < -0.4 is 0 Å². The number of fused-ring (bicyclic) bond motifs is 1. The minimum atomic E-state index is -0.0650. The van der Waals surface area contributed by atoms with Gasteiger partial charge in [0.25, 0.3) is 0 Å². The summed E-state index contributed by atoms with van der Waals surface area (Å²) >= 11 is 0. The Labute approximate surface area is 140 Å². The monoisotopic (exact) mass is 314 g/mol. The molecule has 0 saturated heterocycles. The number of hydrogen-bond acceptors (Lipinski definition) is 2. The highest BCUT2D eigenvalue weighted by Gasteiger charge is 2.62. The first-order chi connectivity index (χ1) is 10.7. The minimum Gasteiger partial charge on any atom is -0.384 e. The third-order valence-electron chi connectivity index (χ3n) is 6.75. The molecule has 2 heteroatoms. The molecule has 1 aromatic carbocycles. The van der Waals surface area contributed by atoms with Crippen LogP contribution in [0.3, 0.4) is 0 Å². The van der Waals surface area contributed by atoms with Crippen LogP contribution >= 0.6 is 0 Å². The fourth-order valence-corrected chi connectivity index (χ4v) is 4.66. The van der Waals surface area contributed by atoms with Crippen LogP contribution in [0.5, 0.6) is 0 Å². The lowest BCUT2D eigenvalue weighted by atomic mass is 9.62. The Hall–Kier alpha value is -1.15. The topological polar surface area (TPSA) is 26.3 Å². The van der Waals surface area contributed by atoms with E-state index in [4.69, 9.17) is 4.74 Å². The molecular weight excluding hydrogens is 284 g/mol. The summed E-state index contributed by atoms with van der Waals surface area (Å²) in [5.74, 6) is 0.392. The van der Waals surface area contributed by atoms with Gasteiger partial charge in [-0.1, -0.05) is 52.8 Å². The molecule has 2 aliphatic rings. The second-order valence-electron chi connectivity index (χ2n) is 9.03. The van der Waals surface area contributed by atoms with Crippen molar-refractivity contribution in [2.45, 2.75) is 63.7 Å². The number of methoxy groups -OCH3 is 1. The second-order valence-corrected chi connectivity index (χ2v) is 9.03. The molecule has 0 aromatic heterocycles. The van der Waals surface area contributed by atoms with E-state index < -0.39 is 0 Å². The summed E-state index contributed by atoms with van der Waals surface area (Å²) in [6, 6.07) is 6.97. The van der Waals surface area contributed by atoms with Gasteiger partial charge in [-0.3, -0.25) is 0 Å². The maximum absolute atomic E-state index is 11.5. The number of benzene rings is 1. The number of hydrogen-bond donors (Lipinski definition) is 0. The molecule has 126 valence electrons. The summed E-state index contributed by atoms with van der Waals surface area (Å²) in [4.78, 5) is 11.5. The molecule has 2 nitrogen and oxygen atoms in total. The van der Waals surface area contributed by atoms with Crippen molar-refractivity contribution in [3.63, 3.8) is 0 Å². The number of rotatable bonds is 4. The van der Waals surface area contributed by atoms with Gasteiger partial charge in [-0.25, -0.2) is 0 Å². The van der Waals surface area contributed by atoms with Gasteiger partial charge in [-0.05, 0) is 40.4 Å². The zero-order valence-electron chi connectivity index (χ0n) is 15.4. The average molecular weight is 314 g/mol. The predicted molar refractivity (Wildman–Crippen MR) is 94.0 cm³/mol. The first-order valence-corrected chi connectivity index (χ1v) is 8.78. The fraction of sp³-hybridized carbons (Fsp3) is 0.667. The van der Waals surface area contributed by atoms with Crippen LogP contribution in [0, 0.1) is 11.8 Å². The fourth-order valence-electron chi connectivity index (χ4n) is 4.66. The van der Waals surface area contributed by atoms with Crippen LogP contribution in [-0.2, 0) is 25.8 Å². The molecule has 0 spiro atoms. The van der Waals surface area contributed by atoms with Crippen molar-refractivity contribution >= 4 is 6.29 Å². The zero-order chi connectivity index (χ0) is 17.0. The molecule has 1 fully saturated rings. The quantitative estimate of drug-likeness (QED) is 0.771. The van der Waals surface area contributed by atoms with Crippen molar-refractivity contribution in [1.29, 1.82) is 0 Å². The number of ether oxygens (including phenoxy) is 1. The smallest absolute Gasteiger partial charge is 0.124 e. The normalized spacial score (nSPS) is 33.8. The van der Waals surface area contributed by atoms with Crippen LogP contribution in [-0.4, -0.2) is 20.0 Å². The van der Waals surface area contributed by atoms with Crippen molar-refractivity contribution in [2.75, 3.05) is 13.7 Å². The van der Waals surface area contributed by atoms with E-state index in [1.807, 2.05) is 0 Å². The molecule has 1 aromatic rings. The van der Waals surface area contributed by atoms with Crippen LogP contribution in [0.2, 0.25) is 0 Å². The van der Waals surface area contributed by atoms with Gasteiger partial charge in [0, 0.05) is 24.4 Å². The molecule has 23 heavy (non-hydrogen) atoms. The molecule has 2 aliphatic carbocycles. The third kappa shape index (κ3) is 2.38. The van der Waals surface area contributed by atoms with E-state index in [0.29, 0.717) is 12.5 Å². The first kappa shape index (κ1) is 16.7. The van der Waals surface area contributed by atoms with Gasteiger partial charge in [-0.2, -0.15) is 0 Å². The summed E-state index contributed by atoms with van der Waals surface area (Å²) in [7, 11) is 1.72. The van der Waals surface area contributed by atoms with Crippen LogP contribution in [0.1, 0.15) is 64.2 Å². The van der Waals surface area contributed by atoms with Crippen molar-refractivity contribution in [1.82, 2.24) is 0 Å². The summed E-state index contributed by atoms with van der Waals surface area (Å²) < 4.78 is 5.34. The SMILES string of the molecule is COC[C@H]1[C@H](C=O)[C@]1(C)c1ccc2c(c1)C(C)(C)CCC2(C)C. The highest BCUT2D eigenvalue weighted by atomic mass is 16.5. The Morgan fingerprint density at radius 3 is 2.26 bits per heavy atom. The van der Waals surface area contributed by atoms with Gasteiger partial charge in [0.2, 0.25) is 0 Å². The van der Waals surface area contributed by atoms with Crippen LogP contribution in [0.4, 0.5) is 0 Å². The van der Waals surface area contributed by atoms with E-state index in [1.54, 1.807) is 7.11 Å². The van der Waals surface area contributed by atoms with Crippen molar-refractivity contribution < 1.29 is 9.53 Å². The van der Waals surface area contributed by atoms with Gasteiger partial charge >= 0.3 is 0 Å². The largest absolute Gasteiger partial charge is 0.384 e. The number of aldehydes is 1. The van der Waals surface area contributed by atoms with Crippen molar-refractivity contribution in [3.05, 3.63) is 34.9 Å². The summed E-state index contributed by atoms with van der Waals surface area (Å²) in [5.41, 5.74) is 4.64. The van der Waals surface area contributed by atoms with Gasteiger partial charge in [-0.15, -0.1) is 0 Å². The van der Waals surface area contributed by atoms with Crippen LogP contribution in [0.25, 0.3) is 0 Å². The lowest BCUT2D eigenvalue weighted by Gasteiger charge is -2.42. The Balaban J connectivity index is 2.06. The highest BCUT2D eigenvalue weighted by molar-refractivity contribution is 5.66. The third-order valence-corrected chi connectivity index (χ3v) is 6.75. The van der Waals surface area contributed by atoms with E-state index in [0.717, 1.165) is 6.29 Å². The van der Waals surface area contributed by atoms with Gasteiger partial charge in [0.1, 0.15) is 6.29 Å². The standard InChI is InChI=1S/C21H30O2/c1-19(2)9-10-20(3,4)16-11-14(7-8-15(16)19)21(5)17(12-22)18(21)13-23-6/h7-8,11-12,17-18H,9-10,13H2,1-6H3/t17-,18-,21-/m0/s1. The van der Waals surface area contributed by atoms with Crippen LogP contribution in [0.15, 0.2) is 18.2 Å². The highest BCUT2D eigenvalue weighted by Crippen LogP contribution is 2.59. The molecule has 0 radical (unpaired) electrons. The second kappa shape index (κ2) is 5.17. The summed E-state index contributed by atoms with van der Waals surface area (Å²) in [6.07, 6.45) is 3.57. The number of carbonyl (C=O) groups excluding carboxylic acids is 1. The first-order valence-electron chi connectivity index (χ1n) is 8.78. The Morgan fingerprint density at radius 2 is 1.70 bits per heavy atom. The molecule has 1 saturated carbocycles. The molecule has 0 aliphatic heterocycles. The maximum atomic E-state index is 11.5. The predicted octanol–water partition coefficient (Wildman–Crippen LogP) is 4.38. The lowest BCUT2D eigenvalue weighted by Crippen LogP contribution is -2.34. The van der Waals surface area contributed by atoms with Gasteiger partial charge in [0.15, 0.2) is 0 Å². The Morgan fingerprint density at radius 1 is 1.09 bits per heavy atom. The summed E-state index contributed by atoms with van der Waals surface area (Å²) in [6.45, 7) is 12.3. The molecule has 3 atom stereocenters. The Bertz CT molecular complexity index is 629.